The molecular weight excluding hydrogens is 855 g/mol. The largest absolute Gasteiger partial charge is 0.486 e. The molecule has 6 heteroatoms. The van der Waals surface area contributed by atoms with Gasteiger partial charge in [0.2, 0.25) is 5.71 Å². The number of hydrogen-bond acceptors (Lipinski definition) is 4. The van der Waals surface area contributed by atoms with Gasteiger partial charge in [-0.05, 0) is 77.4 Å². The molecule has 0 amide bonds. The predicted octanol–water partition coefficient (Wildman–Crippen LogP) is 13.0. The van der Waals surface area contributed by atoms with Gasteiger partial charge in [0.25, 0.3) is 0 Å². The van der Waals surface area contributed by atoms with Crippen molar-refractivity contribution in [2.75, 3.05) is 0 Å². The Labute approximate surface area is 339 Å². The molecule has 1 aliphatic carbocycles. The first-order valence-electron chi connectivity index (χ1n) is 19.9. The molecule has 54 heavy (non-hydrogen) atoms. The van der Waals surface area contributed by atoms with E-state index >= 15 is 0 Å². The third kappa shape index (κ3) is 9.49. The van der Waals surface area contributed by atoms with E-state index in [0.29, 0.717) is 5.71 Å². The molecule has 0 unspecified atom stereocenters. The van der Waals surface area contributed by atoms with Crippen LogP contribution >= 0.6 is 0 Å². The smallest absolute Gasteiger partial charge is 0.216 e. The molecule has 0 bridgehead atoms. The van der Waals surface area contributed by atoms with Gasteiger partial charge in [-0.25, -0.2) is 4.98 Å². The molecule has 1 fully saturated rings. The van der Waals surface area contributed by atoms with Gasteiger partial charge >= 0.3 is 0 Å². The normalized spacial score (nSPS) is 14.1. The summed E-state index contributed by atoms with van der Waals surface area (Å²) < 4.78 is 6.11. The van der Waals surface area contributed by atoms with Gasteiger partial charge in [0.1, 0.15) is 0 Å². The van der Waals surface area contributed by atoms with Gasteiger partial charge in [0.05, 0.1) is 13.7 Å². The van der Waals surface area contributed by atoms with Crippen LogP contribution < -0.4 is 5.19 Å². The second-order valence-corrected chi connectivity index (χ2v) is 22.8. The summed E-state index contributed by atoms with van der Waals surface area (Å²) in [5.41, 5.74) is 11.1. The summed E-state index contributed by atoms with van der Waals surface area (Å²) in [6.45, 7) is 23.0. The first kappa shape index (κ1) is 41.7. The molecular formula is C48H59IrN3OSi-2. The Morgan fingerprint density at radius 3 is 2.22 bits per heavy atom. The maximum Gasteiger partial charge on any atom is 0.216 e. The molecule has 287 valence electrons. The van der Waals surface area contributed by atoms with E-state index in [-0.39, 0.29) is 30.9 Å². The Kier molecular flexibility index (Phi) is 13.2. The Morgan fingerprint density at radius 2 is 1.57 bits per heavy atom. The average Bonchev–Trinajstić information content (AvgIpc) is 3.52. The number of aromatic nitrogens is 3. The first-order valence-corrected chi connectivity index (χ1v) is 23.4. The van der Waals surface area contributed by atoms with E-state index in [1.807, 2.05) is 31.3 Å². The topological polar surface area (TPSA) is 51.8 Å². The van der Waals surface area contributed by atoms with Crippen molar-refractivity contribution in [1.29, 1.82) is 0 Å². The second kappa shape index (κ2) is 17.1. The van der Waals surface area contributed by atoms with Crippen molar-refractivity contribution in [3.05, 3.63) is 108 Å². The van der Waals surface area contributed by atoms with Crippen molar-refractivity contribution < 1.29 is 24.5 Å². The van der Waals surface area contributed by atoms with Crippen LogP contribution in [0.2, 0.25) is 19.6 Å². The SMILES string of the molecule is CC(C)(C)Cc1cc(-c2[c-]cc(C3CCCCC3)cc2)ncc1[Si](C)(C)C.CCC(C)(CC)c1ccnc(-c2[c-]ccc3c2oc2nc(C)ccc23)c1.[Ir]. The van der Waals surface area contributed by atoms with Gasteiger partial charge < -0.3 is 14.4 Å². The molecule has 0 spiro atoms. The first-order chi connectivity index (χ1) is 25.2. The summed E-state index contributed by atoms with van der Waals surface area (Å²) >= 11 is 0. The van der Waals surface area contributed by atoms with Gasteiger partial charge in [-0.3, -0.25) is 0 Å². The van der Waals surface area contributed by atoms with Crippen LogP contribution in [0.3, 0.4) is 0 Å². The summed E-state index contributed by atoms with van der Waals surface area (Å²) in [4.78, 5) is 14.0. The fraction of sp³-hybridized carbons (Fsp3) is 0.438. The van der Waals surface area contributed by atoms with E-state index in [4.69, 9.17) is 9.40 Å². The number of pyridine rings is 3. The fourth-order valence-corrected chi connectivity index (χ4v) is 9.40. The quantitative estimate of drug-likeness (QED) is 0.113. The van der Waals surface area contributed by atoms with Gasteiger partial charge in [-0.2, -0.15) is 0 Å². The number of benzene rings is 2. The number of hydrogen-bond donors (Lipinski definition) is 0. The molecule has 4 heterocycles. The average molecular weight is 914 g/mol. The summed E-state index contributed by atoms with van der Waals surface area (Å²) in [6, 6.07) is 28.4. The minimum atomic E-state index is -1.41. The molecule has 4 nitrogen and oxygen atoms in total. The van der Waals surface area contributed by atoms with Crippen LogP contribution in [-0.4, -0.2) is 23.0 Å². The van der Waals surface area contributed by atoms with Gasteiger partial charge in [0.15, 0.2) is 0 Å². The molecule has 0 saturated heterocycles. The summed E-state index contributed by atoms with van der Waals surface area (Å²) in [6.07, 6.45) is 14.2. The van der Waals surface area contributed by atoms with Crippen LogP contribution in [0.1, 0.15) is 115 Å². The van der Waals surface area contributed by atoms with Crippen LogP contribution in [0.15, 0.2) is 77.5 Å². The molecule has 4 aromatic heterocycles. The van der Waals surface area contributed by atoms with E-state index in [9.17, 15) is 0 Å². The van der Waals surface area contributed by atoms with Crippen molar-refractivity contribution in [3.63, 3.8) is 0 Å². The Morgan fingerprint density at radius 1 is 0.833 bits per heavy atom. The monoisotopic (exact) mass is 914 g/mol. The van der Waals surface area contributed by atoms with E-state index in [0.717, 1.165) is 69.7 Å². The number of nitrogens with zero attached hydrogens (tertiary/aromatic N) is 3. The maximum absolute atomic E-state index is 6.11. The minimum absolute atomic E-state index is 0. The van der Waals surface area contributed by atoms with Crippen LogP contribution in [0.5, 0.6) is 0 Å². The molecule has 0 atom stereocenters. The molecule has 1 saturated carbocycles. The second-order valence-electron chi connectivity index (χ2n) is 17.8. The molecule has 2 aromatic carbocycles. The van der Waals surface area contributed by atoms with E-state index in [1.54, 1.807) is 0 Å². The summed E-state index contributed by atoms with van der Waals surface area (Å²) in [7, 11) is -1.41. The third-order valence-electron chi connectivity index (χ3n) is 11.4. The number of aryl methyl sites for hydroxylation is 1. The zero-order valence-corrected chi connectivity index (χ0v) is 37.6. The number of rotatable bonds is 8. The van der Waals surface area contributed by atoms with Crippen LogP contribution in [-0.2, 0) is 31.9 Å². The third-order valence-corrected chi connectivity index (χ3v) is 13.5. The van der Waals surface area contributed by atoms with Crippen molar-refractivity contribution in [1.82, 2.24) is 15.0 Å². The molecule has 1 radical (unpaired) electrons. The Balaban J connectivity index is 0.000000204. The molecule has 7 rings (SSSR count). The van der Waals surface area contributed by atoms with Gasteiger partial charge in [-0.15, -0.1) is 53.6 Å². The van der Waals surface area contributed by atoms with Gasteiger partial charge in [0, 0.05) is 43.6 Å². The zero-order valence-electron chi connectivity index (χ0n) is 34.2. The summed E-state index contributed by atoms with van der Waals surface area (Å²) in [5.74, 6) is 0.739. The fourth-order valence-electron chi connectivity index (χ4n) is 7.83. The molecule has 6 aromatic rings. The Hall–Kier alpha value is -3.44. The number of furan rings is 1. The van der Waals surface area contributed by atoms with Crippen molar-refractivity contribution in [3.8, 4) is 22.5 Å². The van der Waals surface area contributed by atoms with Crippen molar-refractivity contribution >= 4 is 35.3 Å². The van der Waals surface area contributed by atoms with Gasteiger partial charge in [-0.1, -0.05) is 128 Å². The Bertz CT molecular complexity index is 2160. The molecule has 0 aliphatic heterocycles. The number of fused-ring (bicyclic) bond motifs is 3. The van der Waals surface area contributed by atoms with Crippen LogP contribution in [0.4, 0.5) is 0 Å². The summed E-state index contributed by atoms with van der Waals surface area (Å²) in [5, 5.41) is 3.59. The predicted molar refractivity (Wildman–Crippen MR) is 227 cm³/mol. The van der Waals surface area contributed by atoms with Crippen molar-refractivity contribution in [2.24, 2.45) is 5.41 Å². The van der Waals surface area contributed by atoms with E-state index in [2.05, 4.69) is 132 Å². The molecule has 0 N–H and O–H groups in total. The standard InChI is InChI=1S/C25H36NSi.C23H23N2O.Ir/c1-25(2,3)17-22-16-23(26-18-24(22)27(4,5)6)21-14-12-20(13-15-21)19-10-8-7-9-11-19;1-5-23(4,6-2)16-12-13-24-20(14-16)19-9-7-8-17-18-11-10-15(3)25-22(18)26-21(17)19;/h12-14,16,18-19H,7-11,17H2,1-6H3;7-8,10-14H,5-6H2,1-4H3;/q2*-1;. The van der Waals surface area contributed by atoms with Crippen LogP contribution in [0.25, 0.3) is 44.6 Å². The van der Waals surface area contributed by atoms with Crippen LogP contribution in [0, 0.1) is 24.5 Å². The molecule has 1 aliphatic rings. The minimum Gasteiger partial charge on any atom is -0.486 e. The van der Waals surface area contributed by atoms with E-state index in [1.165, 1.54) is 54.0 Å². The van der Waals surface area contributed by atoms with Crippen molar-refractivity contribution in [2.45, 2.75) is 131 Å². The van der Waals surface area contributed by atoms with E-state index < -0.39 is 8.07 Å². The zero-order chi connectivity index (χ0) is 38.0. The maximum atomic E-state index is 6.11.